The van der Waals surface area contributed by atoms with E-state index in [9.17, 15) is 0 Å². The fourth-order valence-electron chi connectivity index (χ4n) is 2.36. The van der Waals surface area contributed by atoms with Gasteiger partial charge < -0.3 is 10.5 Å². The van der Waals surface area contributed by atoms with Crippen LogP contribution in [0.25, 0.3) is 0 Å². The Labute approximate surface area is 97.8 Å². The zero-order valence-corrected chi connectivity index (χ0v) is 10.0. The average molecular weight is 219 g/mol. The summed E-state index contributed by atoms with van der Waals surface area (Å²) >= 11 is 0. The minimum atomic E-state index is 0.731. The van der Waals surface area contributed by atoms with E-state index in [1.165, 1.54) is 37.7 Å². The van der Waals surface area contributed by atoms with Crippen molar-refractivity contribution in [2.45, 2.75) is 39.0 Å². The molecule has 0 amide bonds. The molecule has 1 aliphatic carbocycles. The van der Waals surface area contributed by atoms with Gasteiger partial charge in [0.15, 0.2) is 0 Å². The van der Waals surface area contributed by atoms with E-state index in [0.717, 1.165) is 24.0 Å². The molecular formula is C14H21NO. The van der Waals surface area contributed by atoms with Gasteiger partial charge in [-0.1, -0.05) is 25.3 Å². The van der Waals surface area contributed by atoms with E-state index in [0.29, 0.717) is 0 Å². The highest BCUT2D eigenvalue weighted by molar-refractivity contribution is 5.53. The minimum absolute atomic E-state index is 0.731. The Kier molecular flexibility index (Phi) is 3.70. The number of nitrogens with two attached hydrogens (primary N) is 1. The van der Waals surface area contributed by atoms with Crippen LogP contribution in [0.3, 0.4) is 0 Å². The van der Waals surface area contributed by atoms with Crippen molar-refractivity contribution in [3.8, 4) is 5.75 Å². The van der Waals surface area contributed by atoms with E-state index in [-0.39, 0.29) is 0 Å². The molecule has 0 aliphatic heterocycles. The van der Waals surface area contributed by atoms with Gasteiger partial charge in [0.2, 0.25) is 0 Å². The molecule has 1 fully saturated rings. The highest BCUT2D eigenvalue weighted by atomic mass is 16.5. The number of hydrogen-bond acceptors (Lipinski definition) is 2. The quantitative estimate of drug-likeness (QED) is 0.789. The molecule has 0 spiro atoms. The number of nitrogen functional groups attached to an aromatic ring is 1. The van der Waals surface area contributed by atoms with Crippen molar-refractivity contribution < 1.29 is 4.74 Å². The summed E-state index contributed by atoms with van der Waals surface area (Å²) in [6.45, 7) is 2.87. The smallest absolute Gasteiger partial charge is 0.142 e. The number of anilines is 1. The Morgan fingerprint density at radius 3 is 2.69 bits per heavy atom. The van der Waals surface area contributed by atoms with Crippen molar-refractivity contribution in [1.29, 1.82) is 0 Å². The summed E-state index contributed by atoms with van der Waals surface area (Å²) in [5.74, 6) is 1.57. The summed E-state index contributed by atoms with van der Waals surface area (Å²) < 4.78 is 5.81. The molecule has 1 aromatic carbocycles. The average Bonchev–Trinajstić information content (AvgIpc) is 2.29. The number of aryl methyl sites for hydroxylation is 1. The van der Waals surface area contributed by atoms with Gasteiger partial charge in [-0.2, -0.15) is 0 Å². The predicted octanol–water partition coefficient (Wildman–Crippen LogP) is 3.54. The van der Waals surface area contributed by atoms with Crippen LogP contribution in [0.2, 0.25) is 0 Å². The summed E-state index contributed by atoms with van der Waals surface area (Å²) in [6, 6.07) is 6.00. The third kappa shape index (κ3) is 2.91. The molecule has 2 nitrogen and oxygen atoms in total. The molecule has 1 aromatic rings. The Bertz CT molecular complexity index is 343. The highest BCUT2D eigenvalue weighted by Gasteiger charge is 2.14. The van der Waals surface area contributed by atoms with Crippen LogP contribution >= 0.6 is 0 Å². The van der Waals surface area contributed by atoms with Crippen molar-refractivity contribution in [2.24, 2.45) is 5.92 Å². The molecule has 88 valence electrons. The molecule has 0 unspecified atom stereocenters. The van der Waals surface area contributed by atoms with E-state index in [2.05, 4.69) is 0 Å². The van der Waals surface area contributed by atoms with E-state index in [4.69, 9.17) is 10.5 Å². The Hall–Kier alpha value is -1.18. The van der Waals surface area contributed by atoms with Crippen molar-refractivity contribution in [3.05, 3.63) is 23.8 Å². The number of benzene rings is 1. The fraction of sp³-hybridized carbons (Fsp3) is 0.571. The number of ether oxygens (including phenoxy) is 1. The van der Waals surface area contributed by atoms with Gasteiger partial charge in [0, 0.05) is 0 Å². The first-order valence-electron chi connectivity index (χ1n) is 6.24. The molecule has 0 heterocycles. The standard InChI is InChI=1S/C14H21NO/c1-11-7-8-14(13(15)9-11)16-10-12-5-3-2-4-6-12/h7-9,12H,2-6,10,15H2,1H3. The van der Waals surface area contributed by atoms with Gasteiger partial charge in [0.25, 0.3) is 0 Å². The largest absolute Gasteiger partial charge is 0.491 e. The third-order valence-electron chi connectivity index (χ3n) is 3.36. The molecule has 2 heteroatoms. The maximum absolute atomic E-state index is 5.91. The van der Waals surface area contributed by atoms with Gasteiger partial charge in [0.1, 0.15) is 5.75 Å². The van der Waals surface area contributed by atoms with Crippen LogP contribution in [0, 0.1) is 12.8 Å². The maximum Gasteiger partial charge on any atom is 0.142 e. The van der Waals surface area contributed by atoms with Crippen LogP contribution in [-0.2, 0) is 0 Å². The molecule has 2 rings (SSSR count). The molecule has 0 atom stereocenters. The lowest BCUT2D eigenvalue weighted by Crippen LogP contribution is -2.15. The molecule has 0 bridgehead atoms. The van der Waals surface area contributed by atoms with Crippen LogP contribution in [0.4, 0.5) is 5.69 Å². The minimum Gasteiger partial charge on any atom is -0.491 e. The van der Waals surface area contributed by atoms with Crippen LogP contribution in [0.15, 0.2) is 18.2 Å². The summed E-state index contributed by atoms with van der Waals surface area (Å²) in [6.07, 6.45) is 6.73. The number of hydrogen-bond donors (Lipinski definition) is 1. The van der Waals surface area contributed by atoms with Gasteiger partial charge in [-0.25, -0.2) is 0 Å². The van der Waals surface area contributed by atoms with Crippen LogP contribution in [0.1, 0.15) is 37.7 Å². The zero-order valence-electron chi connectivity index (χ0n) is 10.0. The fourth-order valence-corrected chi connectivity index (χ4v) is 2.36. The molecule has 16 heavy (non-hydrogen) atoms. The molecule has 1 aliphatic rings. The van der Waals surface area contributed by atoms with E-state index >= 15 is 0 Å². The monoisotopic (exact) mass is 219 g/mol. The first-order valence-corrected chi connectivity index (χ1v) is 6.24. The van der Waals surface area contributed by atoms with E-state index < -0.39 is 0 Å². The van der Waals surface area contributed by atoms with Gasteiger partial charge in [-0.3, -0.25) is 0 Å². The topological polar surface area (TPSA) is 35.2 Å². The molecular weight excluding hydrogens is 198 g/mol. The van der Waals surface area contributed by atoms with Gasteiger partial charge >= 0.3 is 0 Å². The molecule has 1 saturated carbocycles. The van der Waals surface area contributed by atoms with E-state index in [1.807, 2.05) is 25.1 Å². The second-order valence-electron chi connectivity index (χ2n) is 4.86. The van der Waals surface area contributed by atoms with Gasteiger partial charge in [-0.15, -0.1) is 0 Å². The van der Waals surface area contributed by atoms with Crippen molar-refractivity contribution >= 4 is 5.69 Å². The summed E-state index contributed by atoms with van der Waals surface area (Å²) in [7, 11) is 0. The Morgan fingerprint density at radius 2 is 2.00 bits per heavy atom. The maximum atomic E-state index is 5.91. The van der Waals surface area contributed by atoms with Gasteiger partial charge in [0.05, 0.1) is 12.3 Å². The molecule has 2 N–H and O–H groups in total. The normalized spacial score (nSPS) is 17.3. The third-order valence-corrected chi connectivity index (χ3v) is 3.36. The zero-order chi connectivity index (χ0) is 11.4. The first kappa shape index (κ1) is 11.3. The first-order chi connectivity index (χ1) is 7.75. The summed E-state index contributed by atoms with van der Waals surface area (Å²) in [4.78, 5) is 0. The summed E-state index contributed by atoms with van der Waals surface area (Å²) in [5, 5.41) is 0. The van der Waals surface area contributed by atoms with Crippen LogP contribution in [-0.4, -0.2) is 6.61 Å². The van der Waals surface area contributed by atoms with Gasteiger partial charge in [-0.05, 0) is 43.4 Å². The second kappa shape index (κ2) is 5.24. The SMILES string of the molecule is Cc1ccc(OCC2CCCCC2)c(N)c1. The molecule has 0 aromatic heterocycles. The van der Waals surface area contributed by atoms with E-state index in [1.54, 1.807) is 0 Å². The lowest BCUT2D eigenvalue weighted by Gasteiger charge is -2.22. The van der Waals surface area contributed by atoms with Crippen LogP contribution < -0.4 is 10.5 Å². The van der Waals surface area contributed by atoms with Crippen molar-refractivity contribution in [1.82, 2.24) is 0 Å². The second-order valence-corrected chi connectivity index (χ2v) is 4.86. The summed E-state index contributed by atoms with van der Waals surface area (Å²) in [5.41, 5.74) is 7.85. The lowest BCUT2D eigenvalue weighted by molar-refractivity contribution is 0.209. The predicted molar refractivity (Wildman–Crippen MR) is 67.7 cm³/mol. The Morgan fingerprint density at radius 1 is 1.25 bits per heavy atom. The lowest BCUT2D eigenvalue weighted by atomic mass is 9.90. The van der Waals surface area contributed by atoms with Crippen LogP contribution in [0.5, 0.6) is 5.75 Å². The highest BCUT2D eigenvalue weighted by Crippen LogP contribution is 2.27. The molecule has 0 saturated heterocycles. The molecule has 0 radical (unpaired) electrons. The number of rotatable bonds is 3. The van der Waals surface area contributed by atoms with Crippen molar-refractivity contribution in [3.63, 3.8) is 0 Å². The Balaban J connectivity index is 1.88. The van der Waals surface area contributed by atoms with Crippen molar-refractivity contribution in [2.75, 3.05) is 12.3 Å².